The number of amides is 1. The van der Waals surface area contributed by atoms with Crippen molar-refractivity contribution in [1.82, 2.24) is 10.2 Å². The summed E-state index contributed by atoms with van der Waals surface area (Å²) in [4.78, 5) is 28.6. The molecule has 0 saturated carbocycles. The molecule has 1 unspecified atom stereocenters. The number of hydrogen-bond acceptors (Lipinski definition) is 10. The Kier molecular flexibility index (Phi) is 9.43. The highest BCUT2D eigenvalue weighted by Gasteiger charge is 2.47. The third kappa shape index (κ3) is 6.58. The number of Topliss-reactive ketones (excluding diaryl/α,β-unsaturated/α-hetero) is 1. The zero-order valence-corrected chi connectivity index (χ0v) is 26.4. The molecule has 0 fully saturated rings. The first-order chi connectivity index (χ1) is 20.7. The molecule has 12 heteroatoms. The van der Waals surface area contributed by atoms with Crippen molar-refractivity contribution >= 4 is 51.5 Å². The highest BCUT2D eigenvalue weighted by atomic mass is 35.5. The molecule has 0 bridgehead atoms. The van der Waals surface area contributed by atoms with Crippen LogP contribution in [0.15, 0.2) is 74.7 Å². The lowest BCUT2D eigenvalue weighted by atomic mass is 9.95. The van der Waals surface area contributed by atoms with E-state index in [9.17, 15) is 14.7 Å². The minimum Gasteiger partial charge on any atom is -0.503 e. The van der Waals surface area contributed by atoms with Crippen LogP contribution in [0.5, 0.6) is 11.5 Å². The number of benzene rings is 2. The van der Waals surface area contributed by atoms with E-state index in [1.807, 2.05) is 24.3 Å². The topological polar surface area (TPSA) is 115 Å². The zero-order valence-electron chi connectivity index (χ0n) is 24.0. The number of carbonyl (C=O) groups is 2. The number of aromatic nitrogens is 2. The molecule has 0 spiro atoms. The molecule has 43 heavy (non-hydrogen) atoms. The summed E-state index contributed by atoms with van der Waals surface area (Å²) >= 11 is 8.90. The minimum absolute atomic E-state index is 0.00699. The SMILES string of the molecule is COc1cc(C2C(C(=O)c3ccc(C)o3)=C(O)C(=O)N2c2nnc(SCc3ccccc3Cl)s2)ccc1OCCC(C)C. The number of thioether (sulfide) groups is 1. The Labute approximate surface area is 262 Å². The van der Waals surface area contributed by atoms with Crippen LogP contribution >= 0.6 is 34.7 Å². The number of aliphatic hydroxyl groups excluding tert-OH is 1. The molecule has 4 aromatic rings. The normalized spacial score (nSPS) is 15.1. The maximum atomic E-state index is 13.7. The number of ketones is 1. The Morgan fingerprint density at radius 1 is 1.16 bits per heavy atom. The largest absolute Gasteiger partial charge is 0.503 e. The summed E-state index contributed by atoms with van der Waals surface area (Å²) in [6, 6.07) is 14.8. The van der Waals surface area contributed by atoms with Crippen molar-refractivity contribution in [2.45, 2.75) is 43.3 Å². The molecule has 9 nitrogen and oxygen atoms in total. The lowest BCUT2D eigenvalue weighted by Crippen LogP contribution is -2.31. The van der Waals surface area contributed by atoms with E-state index in [4.69, 9.17) is 25.5 Å². The van der Waals surface area contributed by atoms with Gasteiger partial charge in [-0.1, -0.05) is 72.8 Å². The Balaban J connectivity index is 1.51. The number of methoxy groups -OCH3 is 1. The Hall–Kier alpha value is -3.80. The fraction of sp³-hybridized carbons (Fsp3) is 0.290. The van der Waals surface area contributed by atoms with E-state index in [0.29, 0.717) is 50.5 Å². The molecule has 3 heterocycles. The van der Waals surface area contributed by atoms with Gasteiger partial charge in [-0.25, -0.2) is 0 Å². The Morgan fingerprint density at radius 3 is 2.65 bits per heavy atom. The van der Waals surface area contributed by atoms with Crippen LogP contribution in [0.3, 0.4) is 0 Å². The van der Waals surface area contributed by atoms with E-state index in [2.05, 4.69) is 24.0 Å². The smallest absolute Gasteiger partial charge is 0.296 e. The average molecular weight is 640 g/mol. The molecule has 1 amide bonds. The van der Waals surface area contributed by atoms with Gasteiger partial charge in [-0.2, -0.15) is 0 Å². The molecule has 224 valence electrons. The van der Waals surface area contributed by atoms with Gasteiger partial charge in [0, 0.05) is 10.8 Å². The van der Waals surface area contributed by atoms with Crippen LogP contribution in [0, 0.1) is 12.8 Å². The monoisotopic (exact) mass is 639 g/mol. The van der Waals surface area contributed by atoms with E-state index >= 15 is 0 Å². The second kappa shape index (κ2) is 13.2. The quantitative estimate of drug-likeness (QED) is 0.0950. The molecule has 1 aliphatic rings. The van der Waals surface area contributed by atoms with Gasteiger partial charge in [0.1, 0.15) is 5.76 Å². The molecular weight excluding hydrogens is 610 g/mol. The number of ether oxygens (including phenoxy) is 2. The number of hydrogen-bond donors (Lipinski definition) is 1. The lowest BCUT2D eigenvalue weighted by Gasteiger charge is -2.24. The number of rotatable bonds is 12. The van der Waals surface area contributed by atoms with Crippen LogP contribution in [0.1, 0.15) is 53.8 Å². The fourth-order valence-electron chi connectivity index (χ4n) is 4.53. The van der Waals surface area contributed by atoms with Crippen LogP contribution in [-0.4, -0.2) is 40.7 Å². The third-order valence-electron chi connectivity index (χ3n) is 6.78. The molecule has 2 aromatic heterocycles. The summed E-state index contributed by atoms with van der Waals surface area (Å²) in [5.74, 6) is 0.436. The molecule has 2 aromatic carbocycles. The predicted octanol–water partition coefficient (Wildman–Crippen LogP) is 7.60. The van der Waals surface area contributed by atoms with Crippen LogP contribution in [0.4, 0.5) is 5.13 Å². The number of carbonyl (C=O) groups excluding carboxylic acids is 2. The van der Waals surface area contributed by atoms with Gasteiger partial charge < -0.3 is 19.0 Å². The molecule has 0 saturated heterocycles. The second-order valence-corrected chi connectivity index (χ2v) is 12.8. The van der Waals surface area contributed by atoms with Crippen LogP contribution < -0.4 is 14.4 Å². The average Bonchev–Trinajstić information content (AvgIpc) is 3.70. The number of nitrogens with zero attached hydrogens (tertiary/aromatic N) is 3. The van der Waals surface area contributed by atoms with Crippen molar-refractivity contribution in [2.75, 3.05) is 18.6 Å². The van der Waals surface area contributed by atoms with Gasteiger partial charge in [-0.3, -0.25) is 14.5 Å². The molecule has 0 radical (unpaired) electrons. The molecule has 1 N–H and O–H groups in total. The highest BCUT2D eigenvalue weighted by Crippen LogP contribution is 2.45. The Bertz CT molecular complexity index is 1680. The summed E-state index contributed by atoms with van der Waals surface area (Å²) in [5.41, 5.74) is 1.32. The first-order valence-electron chi connectivity index (χ1n) is 13.6. The third-order valence-corrected chi connectivity index (χ3v) is 9.26. The number of aliphatic hydroxyl groups is 1. The van der Waals surface area contributed by atoms with Gasteiger partial charge in [0.2, 0.25) is 10.9 Å². The standard InChI is InChI=1S/C31H30ClN3O6S2/c1-17(2)13-14-40-22-12-10-19(15-24(22)39-4)26-25(27(36)23-11-9-18(3)41-23)28(37)29(38)35(26)30-33-34-31(43-30)42-16-20-7-5-6-8-21(20)32/h5-12,15,17,26,37H,13-14,16H2,1-4H3. The van der Waals surface area contributed by atoms with Gasteiger partial charge in [0.15, 0.2) is 27.4 Å². The number of furan rings is 1. The summed E-state index contributed by atoms with van der Waals surface area (Å²) in [5, 5.41) is 20.5. The van der Waals surface area contributed by atoms with Gasteiger partial charge in [0.05, 0.1) is 25.3 Å². The first-order valence-corrected chi connectivity index (χ1v) is 15.7. The summed E-state index contributed by atoms with van der Waals surface area (Å²) in [7, 11) is 1.52. The maximum absolute atomic E-state index is 13.7. The van der Waals surface area contributed by atoms with Gasteiger partial charge in [-0.15, -0.1) is 10.2 Å². The summed E-state index contributed by atoms with van der Waals surface area (Å²) in [6.45, 7) is 6.44. The van der Waals surface area contributed by atoms with Gasteiger partial charge >= 0.3 is 0 Å². The van der Waals surface area contributed by atoms with Gasteiger partial charge in [0.25, 0.3) is 5.91 Å². The van der Waals surface area contributed by atoms with Crippen molar-refractivity contribution in [1.29, 1.82) is 0 Å². The maximum Gasteiger partial charge on any atom is 0.296 e. The molecule has 5 rings (SSSR count). The number of anilines is 1. The van der Waals surface area contributed by atoms with Crippen LogP contribution in [0.2, 0.25) is 5.02 Å². The zero-order chi connectivity index (χ0) is 30.7. The van der Waals surface area contributed by atoms with E-state index in [0.717, 1.165) is 12.0 Å². The lowest BCUT2D eigenvalue weighted by molar-refractivity contribution is -0.117. The molecular formula is C31H30ClN3O6S2. The van der Waals surface area contributed by atoms with Crippen molar-refractivity contribution in [3.05, 3.63) is 93.6 Å². The van der Waals surface area contributed by atoms with E-state index in [1.165, 1.54) is 41.2 Å². The molecule has 1 atom stereocenters. The first kappa shape index (κ1) is 30.7. The van der Waals surface area contributed by atoms with Crippen LogP contribution in [-0.2, 0) is 10.5 Å². The highest BCUT2D eigenvalue weighted by molar-refractivity contribution is 8.00. The van der Waals surface area contributed by atoms with Crippen molar-refractivity contribution in [2.24, 2.45) is 5.92 Å². The summed E-state index contributed by atoms with van der Waals surface area (Å²) < 4.78 is 17.7. The summed E-state index contributed by atoms with van der Waals surface area (Å²) in [6.07, 6.45) is 0.863. The number of aryl methyl sites for hydroxylation is 1. The second-order valence-electron chi connectivity index (χ2n) is 10.3. The van der Waals surface area contributed by atoms with Crippen LogP contribution in [0.25, 0.3) is 0 Å². The van der Waals surface area contributed by atoms with E-state index in [1.54, 1.807) is 31.2 Å². The van der Waals surface area contributed by atoms with Crippen molar-refractivity contribution in [3.8, 4) is 11.5 Å². The minimum atomic E-state index is -1.03. The molecule has 1 aliphatic heterocycles. The predicted molar refractivity (Wildman–Crippen MR) is 167 cm³/mol. The fourth-order valence-corrected chi connectivity index (χ4v) is 6.68. The van der Waals surface area contributed by atoms with E-state index in [-0.39, 0.29) is 16.5 Å². The van der Waals surface area contributed by atoms with Gasteiger partial charge in [-0.05, 0) is 60.7 Å². The van der Waals surface area contributed by atoms with Crippen molar-refractivity contribution < 1.29 is 28.6 Å². The Morgan fingerprint density at radius 2 is 1.95 bits per heavy atom. The van der Waals surface area contributed by atoms with Crippen molar-refractivity contribution in [3.63, 3.8) is 0 Å². The number of halogens is 1. The van der Waals surface area contributed by atoms with E-state index < -0.39 is 23.5 Å². The molecule has 0 aliphatic carbocycles.